The van der Waals surface area contributed by atoms with Gasteiger partial charge >= 0.3 is 0 Å². The molecule has 1 unspecified atom stereocenters. The molecule has 1 amide bonds. The van der Waals surface area contributed by atoms with E-state index in [9.17, 15) is 4.79 Å². The second-order valence-corrected chi connectivity index (χ2v) is 6.20. The standard InChI is InChI=1S/C18H21N5O2/c1-10-3-4-12-8-13(9-21-14(12)7-10)16-15(18(20)25)17(19)23(22-16)11(2)5-6-24/h3-4,7-9,11,24H,5-6,19H2,1-2H3,(H2,20,25). The molecule has 0 bridgehead atoms. The lowest BCUT2D eigenvalue weighted by Gasteiger charge is -2.12. The van der Waals surface area contributed by atoms with Gasteiger partial charge in [0, 0.05) is 23.8 Å². The van der Waals surface area contributed by atoms with E-state index in [1.165, 1.54) is 4.68 Å². The minimum atomic E-state index is -0.640. The van der Waals surface area contributed by atoms with Crippen molar-refractivity contribution in [1.82, 2.24) is 14.8 Å². The number of carbonyl (C=O) groups is 1. The number of nitrogens with two attached hydrogens (primary N) is 2. The predicted molar refractivity (Wildman–Crippen MR) is 97.0 cm³/mol. The van der Waals surface area contributed by atoms with Gasteiger partial charge in [0.15, 0.2) is 0 Å². The molecular weight excluding hydrogens is 318 g/mol. The van der Waals surface area contributed by atoms with Crippen LogP contribution in [0.3, 0.4) is 0 Å². The van der Waals surface area contributed by atoms with Gasteiger partial charge in [-0.15, -0.1) is 0 Å². The van der Waals surface area contributed by atoms with Crippen LogP contribution in [0.4, 0.5) is 5.82 Å². The van der Waals surface area contributed by atoms with E-state index in [2.05, 4.69) is 10.1 Å². The van der Waals surface area contributed by atoms with Crippen LogP contribution in [-0.4, -0.2) is 32.4 Å². The second-order valence-electron chi connectivity index (χ2n) is 6.20. The number of aliphatic hydroxyl groups is 1. The zero-order valence-corrected chi connectivity index (χ0v) is 14.2. The minimum absolute atomic E-state index is 0.00140. The molecule has 5 N–H and O–H groups in total. The molecule has 25 heavy (non-hydrogen) atoms. The highest BCUT2D eigenvalue weighted by Gasteiger charge is 2.24. The fourth-order valence-corrected chi connectivity index (χ4v) is 2.90. The molecule has 1 atom stereocenters. The number of aryl methyl sites for hydroxylation is 1. The summed E-state index contributed by atoms with van der Waals surface area (Å²) in [5, 5.41) is 14.6. The Morgan fingerprint density at radius 1 is 1.36 bits per heavy atom. The van der Waals surface area contributed by atoms with Crippen LogP contribution in [0.1, 0.15) is 35.3 Å². The summed E-state index contributed by atoms with van der Waals surface area (Å²) in [5.74, 6) is -0.439. The largest absolute Gasteiger partial charge is 0.396 e. The number of primary amides is 1. The van der Waals surface area contributed by atoms with Crippen LogP contribution in [0.2, 0.25) is 0 Å². The Labute approximate surface area is 145 Å². The number of carbonyl (C=O) groups excluding carboxylic acids is 1. The average molecular weight is 339 g/mol. The maximum Gasteiger partial charge on any atom is 0.254 e. The summed E-state index contributed by atoms with van der Waals surface area (Å²) in [6, 6.07) is 7.72. The molecule has 0 saturated carbocycles. The van der Waals surface area contributed by atoms with Gasteiger partial charge in [-0.05, 0) is 38.0 Å². The molecule has 0 fully saturated rings. The number of aromatic nitrogens is 3. The van der Waals surface area contributed by atoms with E-state index in [0.29, 0.717) is 17.7 Å². The quantitative estimate of drug-likeness (QED) is 0.657. The third kappa shape index (κ3) is 3.06. The molecule has 0 saturated heterocycles. The van der Waals surface area contributed by atoms with E-state index < -0.39 is 5.91 Å². The number of fused-ring (bicyclic) bond motifs is 1. The molecule has 2 heterocycles. The molecule has 3 rings (SSSR count). The highest BCUT2D eigenvalue weighted by molar-refractivity contribution is 6.03. The fourth-order valence-electron chi connectivity index (χ4n) is 2.90. The molecule has 0 radical (unpaired) electrons. The van der Waals surface area contributed by atoms with Gasteiger partial charge in [-0.25, -0.2) is 4.68 Å². The predicted octanol–water partition coefficient (Wildman–Crippen LogP) is 2.03. The first kappa shape index (κ1) is 16.9. The first-order valence-electron chi connectivity index (χ1n) is 8.07. The maximum absolute atomic E-state index is 11.9. The van der Waals surface area contributed by atoms with Gasteiger partial charge < -0.3 is 16.6 Å². The normalized spacial score (nSPS) is 12.4. The van der Waals surface area contributed by atoms with Crippen LogP contribution >= 0.6 is 0 Å². The number of aliphatic hydroxyl groups excluding tert-OH is 1. The number of hydrogen-bond donors (Lipinski definition) is 3. The Hall–Kier alpha value is -2.93. The zero-order valence-electron chi connectivity index (χ0n) is 14.2. The monoisotopic (exact) mass is 339 g/mol. The van der Waals surface area contributed by atoms with E-state index in [1.54, 1.807) is 6.20 Å². The number of rotatable bonds is 5. The average Bonchev–Trinajstić information content (AvgIpc) is 2.92. The molecule has 1 aromatic carbocycles. The first-order valence-corrected chi connectivity index (χ1v) is 8.07. The van der Waals surface area contributed by atoms with Crippen molar-refractivity contribution in [1.29, 1.82) is 0 Å². The first-order chi connectivity index (χ1) is 11.9. The highest BCUT2D eigenvalue weighted by Crippen LogP contribution is 2.31. The van der Waals surface area contributed by atoms with Crippen molar-refractivity contribution in [3.63, 3.8) is 0 Å². The number of nitrogens with zero attached hydrogens (tertiary/aromatic N) is 3. The Balaban J connectivity index is 2.17. The molecule has 7 nitrogen and oxygen atoms in total. The molecule has 0 aliphatic carbocycles. The summed E-state index contributed by atoms with van der Waals surface area (Å²) >= 11 is 0. The van der Waals surface area contributed by atoms with Crippen LogP contribution in [-0.2, 0) is 0 Å². The van der Waals surface area contributed by atoms with Crippen molar-refractivity contribution in [3.8, 4) is 11.3 Å². The summed E-state index contributed by atoms with van der Waals surface area (Å²) in [6.45, 7) is 3.87. The van der Waals surface area contributed by atoms with Crippen molar-refractivity contribution >= 4 is 22.6 Å². The van der Waals surface area contributed by atoms with Crippen LogP contribution in [0.15, 0.2) is 30.5 Å². The van der Waals surface area contributed by atoms with Gasteiger partial charge in [0.05, 0.1) is 11.6 Å². The van der Waals surface area contributed by atoms with Gasteiger partial charge in [-0.2, -0.15) is 5.10 Å². The molecular formula is C18H21N5O2. The Kier molecular flexibility index (Phi) is 4.41. The Morgan fingerprint density at radius 3 is 2.80 bits per heavy atom. The van der Waals surface area contributed by atoms with Crippen molar-refractivity contribution in [3.05, 3.63) is 41.6 Å². The van der Waals surface area contributed by atoms with Gasteiger partial charge in [-0.3, -0.25) is 9.78 Å². The number of hydrogen-bond acceptors (Lipinski definition) is 5. The lowest BCUT2D eigenvalue weighted by Crippen LogP contribution is -2.16. The van der Waals surface area contributed by atoms with E-state index in [0.717, 1.165) is 16.5 Å². The van der Waals surface area contributed by atoms with E-state index in [4.69, 9.17) is 16.6 Å². The number of anilines is 1. The summed E-state index contributed by atoms with van der Waals surface area (Å²) < 4.78 is 1.53. The number of amides is 1. The number of pyridine rings is 1. The van der Waals surface area contributed by atoms with Gasteiger partial charge in [0.2, 0.25) is 0 Å². The maximum atomic E-state index is 11.9. The number of benzene rings is 1. The van der Waals surface area contributed by atoms with Crippen LogP contribution in [0.5, 0.6) is 0 Å². The molecule has 3 aromatic rings. The summed E-state index contributed by atoms with van der Waals surface area (Å²) in [5.41, 5.74) is 14.9. The SMILES string of the molecule is Cc1ccc2cc(-c3nn(C(C)CCO)c(N)c3C(N)=O)cnc2c1. The van der Waals surface area contributed by atoms with E-state index >= 15 is 0 Å². The summed E-state index contributed by atoms with van der Waals surface area (Å²) in [4.78, 5) is 16.4. The van der Waals surface area contributed by atoms with Gasteiger partial charge in [0.1, 0.15) is 17.1 Å². The van der Waals surface area contributed by atoms with Gasteiger partial charge in [0.25, 0.3) is 5.91 Å². The third-order valence-electron chi connectivity index (χ3n) is 4.27. The van der Waals surface area contributed by atoms with Gasteiger partial charge in [-0.1, -0.05) is 12.1 Å². The minimum Gasteiger partial charge on any atom is -0.396 e. The van der Waals surface area contributed by atoms with Crippen molar-refractivity contribution in [2.45, 2.75) is 26.3 Å². The Bertz CT molecular complexity index is 948. The van der Waals surface area contributed by atoms with E-state index in [1.807, 2.05) is 38.1 Å². The van der Waals surface area contributed by atoms with Crippen molar-refractivity contribution < 1.29 is 9.90 Å². The number of nitrogen functional groups attached to an aromatic ring is 1. The molecule has 0 aliphatic rings. The molecule has 0 aliphatic heterocycles. The lowest BCUT2D eigenvalue weighted by molar-refractivity contribution is 0.100. The molecule has 7 heteroatoms. The van der Waals surface area contributed by atoms with Crippen molar-refractivity contribution in [2.75, 3.05) is 12.3 Å². The smallest absolute Gasteiger partial charge is 0.254 e. The fraction of sp³-hybridized carbons (Fsp3) is 0.278. The second kappa shape index (κ2) is 6.52. The molecule has 130 valence electrons. The molecule has 0 spiro atoms. The highest BCUT2D eigenvalue weighted by atomic mass is 16.3. The summed E-state index contributed by atoms with van der Waals surface area (Å²) in [6.07, 6.45) is 2.13. The zero-order chi connectivity index (χ0) is 18.1. The summed E-state index contributed by atoms with van der Waals surface area (Å²) in [7, 11) is 0. The topological polar surface area (TPSA) is 120 Å². The van der Waals surface area contributed by atoms with Crippen LogP contribution in [0.25, 0.3) is 22.2 Å². The third-order valence-corrected chi connectivity index (χ3v) is 4.27. The van der Waals surface area contributed by atoms with Crippen LogP contribution < -0.4 is 11.5 Å². The van der Waals surface area contributed by atoms with E-state index in [-0.39, 0.29) is 24.0 Å². The van der Waals surface area contributed by atoms with Crippen LogP contribution in [0, 0.1) is 6.92 Å². The Morgan fingerprint density at radius 2 is 2.12 bits per heavy atom. The lowest BCUT2D eigenvalue weighted by atomic mass is 10.1. The molecule has 2 aromatic heterocycles. The van der Waals surface area contributed by atoms with Crippen molar-refractivity contribution in [2.24, 2.45) is 5.73 Å².